The number of hydrogen-bond donors (Lipinski definition) is 1. The third kappa shape index (κ3) is 4.93. The molecule has 1 amide bonds. The van der Waals surface area contributed by atoms with Gasteiger partial charge in [-0.15, -0.1) is 0 Å². The van der Waals surface area contributed by atoms with Crippen molar-refractivity contribution in [3.63, 3.8) is 0 Å². The molecule has 0 saturated carbocycles. The van der Waals surface area contributed by atoms with Crippen LogP contribution in [-0.2, 0) is 21.4 Å². The SMILES string of the molecule is O=C(CN(Cc1ccco1)S(=O)(=O)c1ccccc1)NN=Cc1cccc2ccccc12. The Balaban J connectivity index is 1.50. The van der Waals surface area contributed by atoms with E-state index in [1.807, 2.05) is 42.5 Å². The minimum atomic E-state index is -3.92. The van der Waals surface area contributed by atoms with Gasteiger partial charge in [0.05, 0.1) is 30.5 Å². The highest BCUT2D eigenvalue weighted by atomic mass is 32.2. The molecule has 0 radical (unpaired) electrons. The largest absolute Gasteiger partial charge is 0.468 e. The molecule has 0 aliphatic rings. The van der Waals surface area contributed by atoms with Crippen LogP contribution in [0, 0.1) is 0 Å². The van der Waals surface area contributed by atoms with Crippen LogP contribution in [0.15, 0.2) is 106 Å². The van der Waals surface area contributed by atoms with Crippen molar-refractivity contribution in [1.82, 2.24) is 9.73 Å². The van der Waals surface area contributed by atoms with E-state index in [9.17, 15) is 13.2 Å². The Labute approximate surface area is 186 Å². The summed E-state index contributed by atoms with van der Waals surface area (Å²) in [6.45, 7) is -0.491. The lowest BCUT2D eigenvalue weighted by molar-refractivity contribution is -0.121. The monoisotopic (exact) mass is 447 g/mol. The zero-order valence-corrected chi connectivity index (χ0v) is 17.9. The molecule has 162 valence electrons. The molecule has 1 aromatic heterocycles. The van der Waals surface area contributed by atoms with Gasteiger partial charge in [-0.05, 0) is 35.0 Å². The molecule has 7 nitrogen and oxygen atoms in total. The summed E-state index contributed by atoms with van der Waals surface area (Å²) < 4.78 is 32.6. The van der Waals surface area contributed by atoms with Crippen molar-refractivity contribution in [3.05, 3.63) is 103 Å². The molecule has 1 heterocycles. The Morgan fingerprint density at radius 2 is 1.69 bits per heavy atom. The molecule has 0 saturated heterocycles. The second-order valence-corrected chi connectivity index (χ2v) is 8.97. The van der Waals surface area contributed by atoms with Gasteiger partial charge in [-0.25, -0.2) is 13.8 Å². The van der Waals surface area contributed by atoms with Gasteiger partial charge in [0.1, 0.15) is 5.76 Å². The molecule has 4 aromatic rings. The van der Waals surface area contributed by atoms with Gasteiger partial charge in [0.15, 0.2) is 0 Å². The van der Waals surface area contributed by atoms with Crippen molar-refractivity contribution in [2.75, 3.05) is 6.54 Å². The van der Waals surface area contributed by atoms with E-state index < -0.39 is 22.5 Å². The molecule has 0 atom stereocenters. The number of fused-ring (bicyclic) bond motifs is 1. The molecule has 0 fully saturated rings. The van der Waals surface area contributed by atoms with E-state index in [4.69, 9.17) is 4.42 Å². The third-order valence-electron chi connectivity index (χ3n) is 4.83. The summed E-state index contributed by atoms with van der Waals surface area (Å²) in [5.74, 6) is -0.135. The van der Waals surface area contributed by atoms with Crippen LogP contribution in [0.5, 0.6) is 0 Å². The topological polar surface area (TPSA) is 92.0 Å². The zero-order valence-electron chi connectivity index (χ0n) is 17.1. The first-order chi connectivity index (χ1) is 15.5. The van der Waals surface area contributed by atoms with E-state index in [0.29, 0.717) is 5.76 Å². The number of furan rings is 1. The summed E-state index contributed by atoms with van der Waals surface area (Å²) >= 11 is 0. The van der Waals surface area contributed by atoms with Crippen LogP contribution < -0.4 is 5.43 Å². The summed E-state index contributed by atoms with van der Waals surface area (Å²) in [6, 6.07) is 24.9. The first-order valence-corrected chi connectivity index (χ1v) is 11.4. The standard InChI is InChI=1S/C24H21N3O4S/c28-24(26-25-16-20-10-6-9-19-8-4-5-14-23(19)20)18-27(17-21-11-7-15-31-21)32(29,30)22-12-2-1-3-13-22/h1-16H,17-18H2,(H,26,28). The van der Waals surface area contributed by atoms with Crippen LogP contribution in [0.4, 0.5) is 0 Å². The fourth-order valence-electron chi connectivity index (χ4n) is 3.28. The maximum atomic E-state index is 13.1. The summed E-state index contributed by atoms with van der Waals surface area (Å²) in [5.41, 5.74) is 3.26. The zero-order chi connectivity index (χ0) is 22.4. The Morgan fingerprint density at radius 1 is 0.938 bits per heavy atom. The van der Waals surface area contributed by atoms with Crippen LogP contribution >= 0.6 is 0 Å². The lowest BCUT2D eigenvalue weighted by Crippen LogP contribution is -2.38. The van der Waals surface area contributed by atoms with E-state index in [0.717, 1.165) is 20.6 Å². The summed E-state index contributed by atoms with van der Waals surface area (Å²) in [7, 11) is -3.92. The van der Waals surface area contributed by atoms with Gasteiger partial charge in [-0.2, -0.15) is 9.41 Å². The first kappa shape index (κ1) is 21.5. The van der Waals surface area contributed by atoms with Crippen molar-refractivity contribution in [2.24, 2.45) is 5.10 Å². The van der Waals surface area contributed by atoms with Crippen molar-refractivity contribution >= 4 is 32.9 Å². The third-order valence-corrected chi connectivity index (χ3v) is 6.64. The molecule has 8 heteroatoms. The number of nitrogens with zero attached hydrogens (tertiary/aromatic N) is 2. The molecular formula is C24H21N3O4S. The fourth-order valence-corrected chi connectivity index (χ4v) is 4.66. The van der Waals surface area contributed by atoms with Gasteiger partial charge >= 0.3 is 0 Å². The number of hydrazone groups is 1. The second-order valence-electron chi connectivity index (χ2n) is 7.03. The number of carbonyl (C=O) groups excluding carboxylic acids is 1. The molecule has 0 aliphatic heterocycles. The summed E-state index contributed by atoms with van der Waals surface area (Å²) in [5, 5.41) is 6.08. The van der Waals surface area contributed by atoms with Crippen LogP contribution in [0.2, 0.25) is 0 Å². The van der Waals surface area contributed by atoms with Gasteiger partial charge in [-0.3, -0.25) is 4.79 Å². The highest BCUT2D eigenvalue weighted by Crippen LogP contribution is 2.19. The number of carbonyl (C=O) groups is 1. The lowest BCUT2D eigenvalue weighted by Gasteiger charge is -2.20. The van der Waals surface area contributed by atoms with Crippen LogP contribution in [0.3, 0.4) is 0 Å². The van der Waals surface area contributed by atoms with Crippen molar-refractivity contribution in [2.45, 2.75) is 11.4 Å². The Hall–Kier alpha value is -3.75. The van der Waals surface area contributed by atoms with E-state index >= 15 is 0 Å². The predicted molar refractivity (Wildman–Crippen MR) is 122 cm³/mol. The number of amides is 1. The van der Waals surface area contributed by atoms with E-state index in [-0.39, 0.29) is 11.4 Å². The van der Waals surface area contributed by atoms with Crippen LogP contribution in [0.1, 0.15) is 11.3 Å². The number of rotatable bonds is 8. The predicted octanol–water partition coefficient (Wildman–Crippen LogP) is 3.77. The van der Waals surface area contributed by atoms with Crippen LogP contribution in [0.25, 0.3) is 10.8 Å². The first-order valence-electron chi connectivity index (χ1n) is 9.91. The highest BCUT2D eigenvalue weighted by Gasteiger charge is 2.27. The lowest BCUT2D eigenvalue weighted by atomic mass is 10.1. The number of hydrogen-bond acceptors (Lipinski definition) is 5. The van der Waals surface area contributed by atoms with Gasteiger partial charge in [0.2, 0.25) is 10.0 Å². The average Bonchev–Trinajstić information content (AvgIpc) is 3.33. The molecule has 0 aliphatic carbocycles. The quantitative estimate of drug-likeness (QED) is 0.329. The molecule has 0 bridgehead atoms. The van der Waals surface area contributed by atoms with Gasteiger partial charge in [0.25, 0.3) is 5.91 Å². The van der Waals surface area contributed by atoms with Gasteiger partial charge < -0.3 is 4.42 Å². The van der Waals surface area contributed by atoms with Crippen molar-refractivity contribution < 1.29 is 17.6 Å². The second kappa shape index (κ2) is 9.59. The van der Waals surface area contributed by atoms with Crippen molar-refractivity contribution in [1.29, 1.82) is 0 Å². The van der Waals surface area contributed by atoms with Gasteiger partial charge in [-0.1, -0.05) is 60.7 Å². The van der Waals surface area contributed by atoms with Crippen molar-refractivity contribution in [3.8, 4) is 0 Å². The maximum Gasteiger partial charge on any atom is 0.255 e. The normalized spacial score (nSPS) is 11.9. The highest BCUT2D eigenvalue weighted by molar-refractivity contribution is 7.89. The molecule has 0 spiro atoms. The smallest absolute Gasteiger partial charge is 0.255 e. The fraction of sp³-hybridized carbons (Fsp3) is 0.0833. The summed E-state index contributed by atoms with van der Waals surface area (Å²) in [4.78, 5) is 12.6. The minimum absolute atomic E-state index is 0.0787. The Morgan fingerprint density at radius 3 is 2.47 bits per heavy atom. The molecule has 32 heavy (non-hydrogen) atoms. The Bertz CT molecular complexity index is 1330. The molecule has 4 rings (SSSR count). The van der Waals surface area contributed by atoms with E-state index in [1.54, 1.807) is 36.5 Å². The van der Waals surface area contributed by atoms with E-state index in [1.165, 1.54) is 18.4 Å². The van der Waals surface area contributed by atoms with Gasteiger partial charge in [0, 0.05) is 5.56 Å². The van der Waals surface area contributed by atoms with Crippen LogP contribution in [-0.4, -0.2) is 31.4 Å². The number of benzene rings is 3. The number of nitrogens with one attached hydrogen (secondary N) is 1. The molecule has 3 aromatic carbocycles. The molecule has 1 N–H and O–H groups in total. The minimum Gasteiger partial charge on any atom is -0.468 e. The molecule has 0 unspecified atom stereocenters. The molecular weight excluding hydrogens is 426 g/mol. The summed E-state index contributed by atoms with van der Waals surface area (Å²) in [6.07, 6.45) is 3.00. The maximum absolute atomic E-state index is 13.1. The van der Waals surface area contributed by atoms with E-state index in [2.05, 4.69) is 10.5 Å². The number of sulfonamides is 1. The Kier molecular flexibility index (Phi) is 6.44. The average molecular weight is 448 g/mol.